The maximum absolute atomic E-state index is 5.55. The summed E-state index contributed by atoms with van der Waals surface area (Å²) >= 11 is 1.78. The first-order chi connectivity index (χ1) is 13.3. The molecule has 2 N–H and O–H groups in total. The molecule has 0 atom stereocenters. The summed E-state index contributed by atoms with van der Waals surface area (Å²) in [6, 6.07) is 6.69. The number of benzene rings is 1. The first-order valence-corrected chi connectivity index (χ1v) is 11.0. The summed E-state index contributed by atoms with van der Waals surface area (Å²) in [5.41, 5.74) is 9.63. The van der Waals surface area contributed by atoms with Crippen LogP contribution in [0.3, 0.4) is 0 Å². The van der Waals surface area contributed by atoms with E-state index in [2.05, 4.69) is 68.2 Å². The average molecular weight is 403 g/mol. The largest absolute Gasteiger partial charge is 0.381 e. The lowest BCUT2D eigenvalue weighted by Crippen LogP contribution is -2.25. The Morgan fingerprint density at radius 3 is 2.61 bits per heavy atom. The van der Waals surface area contributed by atoms with Gasteiger partial charge in [0.2, 0.25) is 0 Å². The van der Waals surface area contributed by atoms with Crippen molar-refractivity contribution in [1.82, 2.24) is 20.4 Å². The monoisotopic (exact) mass is 402 g/mol. The third-order valence-corrected chi connectivity index (χ3v) is 6.39. The van der Waals surface area contributed by atoms with E-state index in [0.717, 1.165) is 43.8 Å². The Bertz CT molecular complexity index is 844. The number of imidazole rings is 1. The molecule has 2 heterocycles. The Hall–Kier alpha value is -1.50. The van der Waals surface area contributed by atoms with Crippen molar-refractivity contribution in [1.29, 1.82) is 0 Å². The molecule has 0 aliphatic carbocycles. The molecule has 0 unspecified atom stereocenters. The molecule has 1 aromatic heterocycles. The topological polar surface area (TPSA) is 51.1 Å². The third kappa shape index (κ3) is 4.91. The van der Waals surface area contributed by atoms with Crippen LogP contribution in [0.15, 0.2) is 33.7 Å². The summed E-state index contributed by atoms with van der Waals surface area (Å²) in [5, 5.41) is 0. The van der Waals surface area contributed by atoms with E-state index in [1.54, 1.807) is 11.8 Å². The van der Waals surface area contributed by atoms with Crippen LogP contribution in [-0.2, 0) is 16.7 Å². The fourth-order valence-electron chi connectivity index (χ4n) is 3.65. The molecular weight excluding hydrogens is 368 g/mol. The molecule has 3 rings (SSSR count). The number of fused-ring (bicyclic) bond motifs is 1. The van der Waals surface area contributed by atoms with Gasteiger partial charge in [0.25, 0.3) is 0 Å². The first kappa shape index (κ1) is 21.2. The second-order valence-corrected chi connectivity index (χ2v) is 9.95. The molecule has 0 radical (unpaired) electrons. The Balaban J connectivity index is 1.94. The van der Waals surface area contributed by atoms with E-state index >= 15 is 0 Å². The molecule has 1 fully saturated rings. The third-order valence-electron chi connectivity index (χ3n) is 5.28. The quantitative estimate of drug-likeness (QED) is 0.535. The van der Waals surface area contributed by atoms with E-state index in [1.165, 1.54) is 21.1 Å². The summed E-state index contributed by atoms with van der Waals surface area (Å²) in [4.78, 5) is 7.54. The second-order valence-electron chi connectivity index (χ2n) is 8.66. The lowest BCUT2D eigenvalue weighted by molar-refractivity contribution is 0.0611. The highest BCUT2D eigenvalue weighted by molar-refractivity contribution is 8.03. The van der Waals surface area contributed by atoms with Crippen LogP contribution in [0, 0.1) is 5.92 Å². The van der Waals surface area contributed by atoms with Gasteiger partial charge in [0.15, 0.2) is 0 Å². The Labute approximate surface area is 173 Å². The average Bonchev–Trinajstić information content (AvgIpc) is 3.01. The first-order valence-electron chi connectivity index (χ1n) is 10.2. The van der Waals surface area contributed by atoms with Gasteiger partial charge < -0.3 is 14.7 Å². The normalized spacial score (nSPS) is 17.1. The summed E-state index contributed by atoms with van der Waals surface area (Å²) in [7, 11) is 1.88. The van der Waals surface area contributed by atoms with E-state index in [4.69, 9.17) is 9.72 Å². The van der Waals surface area contributed by atoms with Gasteiger partial charge in [0.05, 0.1) is 11.0 Å². The maximum Gasteiger partial charge on any atom is 0.115 e. The molecule has 0 spiro atoms. The minimum absolute atomic E-state index is 0.0145. The minimum Gasteiger partial charge on any atom is -0.381 e. The lowest BCUT2D eigenvalue weighted by atomic mass is 9.94. The van der Waals surface area contributed by atoms with Crippen molar-refractivity contribution < 1.29 is 4.74 Å². The van der Waals surface area contributed by atoms with Crippen LogP contribution < -0.4 is 10.9 Å². The number of ether oxygens (including phenoxy) is 1. The van der Waals surface area contributed by atoms with E-state index in [0.29, 0.717) is 5.92 Å². The second kappa shape index (κ2) is 8.89. The summed E-state index contributed by atoms with van der Waals surface area (Å²) in [6.45, 7) is 13.8. The molecule has 0 bridgehead atoms. The molecule has 1 aromatic carbocycles. The van der Waals surface area contributed by atoms with E-state index < -0.39 is 0 Å². The molecule has 1 aliphatic heterocycles. The molecule has 6 heteroatoms. The van der Waals surface area contributed by atoms with Gasteiger partial charge in [-0.25, -0.2) is 10.4 Å². The van der Waals surface area contributed by atoms with Gasteiger partial charge >= 0.3 is 0 Å². The van der Waals surface area contributed by atoms with Crippen molar-refractivity contribution >= 4 is 22.8 Å². The number of nitrogens with one attached hydrogen (secondary N) is 2. The van der Waals surface area contributed by atoms with Crippen LogP contribution in [-0.4, -0.2) is 29.8 Å². The number of hydrazine groups is 1. The number of nitrogens with zero attached hydrogens (tertiary/aromatic N) is 2. The summed E-state index contributed by atoms with van der Waals surface area (Å²) < 4.78 is 8.01. The number of aromatic nitrogens is 2. The molecule has 2 aromatic rings. The number of rotatable bonds is 6. The van der Waals surface area contributed by atoms with Gasteiger partial charge in [-0.05, 0) is 50.8 Å². The van der Waals surface area contributed by atoms with Crippen molar-refractivity contribution in [3.8, 4) is 0 Å². The van der Waals surface area contributed by atoms with Crippen molar-refractivity contribution in [3.05, 3.63) is 34.6 Å². The van der Waals surface area contributed by atoms with Gasteiger partial charge in [0.1, 0.15) is 5.82 Å². The van der Waals surface area contributed by atoms with Gasteiger partial charge in [-0.1, -0.05) is 32.5 Å². The van der Waals surface area contributed by atoms with Crippen molar-refractivity contribution in [2.24, 2.45) is 5.92 Å². The van der Waals surface area contributed by atoms with Gasteiger partial charge in [-0.2, -0.15) is 0 Å². The number of allylic oxidation sites excluding steroid dienone is 2. The molecule has 5 nitrogen and oxygen atoms in total. The van der Waals surface area contributed by atoms with E-state index in [1.807, 2.05) is 7.05 Å². The smallest absolute Gasteiger partial charge is 0.115 e. The zero-order chi connectivity index (χ0) is 20.3. The highest BCUT2D eigenvalue weighted by atomic mass is 32.2. The lowest BCUT2D eigenvalue weighted by Gasteiger charge is -2.26. The molecular formula is C22H34N4OS. The van der Waals surface area contributed by atoms with E-state index in [9.17, 15) is 0 Å². The standard InChI is InChI=1S/C22H34N4OS/c1-15(25-23-6)16(2)28-18-7-8-20-19(13-18)24-21(22(3,4)5)26(20)14-17-9-11-27-12-10-17/h7-8,13,17,23,25H,9-12,14H2,1-6H3/b16-15+. The summed E-state index contributed by atoms with van der Waals surface area (Å²) in [5.74, 6) is 1.85. The van der Waals surface area contributed by atoms with Crippen molar-refractivity contribution in [3.63, 3.8) is 0 Å². The molecule has 0 amide bonds. The Kier molecular flexibility index (Phi) is 6.73. The van der Waals surface area contributed by atoms with Crippen LogP contribution in [0.5, 0.6) is 0 Å². The fraction of sp³-hybridized carbons (Fsp3) is 0.591. The van der Waals surface area contributed by atoms with Gasteiger partial charge in [-0.3, -0.25) is 0 Å². The van der Waals surface area contributed by atoms with E-state index in [-0.39, 0.29) is 5.41 Å². The molecule has 0 saturated carbocycles. The summed E-state index contributed by atoms with van der Waals surface area (Å²) in [6.07, 6.45) is 2.28. The molecule has 1 aliphatic rings. The van der Waals surface area contributed by atoms with Crippen molar-refractivity contribution in [2.45, 2.75) is 64.3 Å². The predicted octanol–water partition coefficient (Wildman–Crippen LogP) is 4.83. The Morgan fingerprint density at radius 1 is 1.25 bits per heavy atom. The predicted molar refractivity (Wildman–Crippen MR) is 118 cm³/mol. The molecule has 28 heavy (non-hydrogen) atoms. The van der Waals surface area contributed by atoms with Crippen molar-refractivity contribution in [2.75, 3.05) is 20.3 Å². The van der Waals surface area contributed by atoms with Crippen LogP contribution in [0.2, 0.25) is 0 Å². The highest BCUT2D eigenvalue weighted by Crippen LogP contribution is 2.33. The number of hydrogen-bond acceptors (Lipinski definition) is 5. The SMILES string of the molecule is CNN/C(C)=C(\C)Sc1ccc2c(c1)nc(C(C)(C)C)n2CC1CCOCC1. The number of thioether (sulfide) groups is 1. The van der Waals surface area contributed by atoms with Gasteiger partial charge in [0, 0.05) is 47.7 Å². The zero-order valence-electron chi connectivity index (χ0n) is 18.1. The fourth-order valence-corrected chi connectivity index (χ4v) is 4.51. The van der Waals surface area contributed by atoms with Crippen LogP contribution in [0.25, 0.3) is 11.0 Å². The van der Waals surface area contributed by atoms with Crippen LogP contribution >= 0.6 is 11.8 Å². The molecule has 1 saturated heterocycles. The zero-order valence-corrected chi connectivity index (χ0v) is 18.9. The Morgan fingerprint density at radius 2 is 1.96 bits per heavy atom. The van der Waals surface area contributed by atoms with Gasteiger partial charge in [-0.15, -0.1) is 0 Å². The number of hydrogen-bond donors (Lipinski definition) is 2. The highest BCUT2D eigenvalue weighted by Gasteiger charge is 2.25. The van der Waals surface area contributed by atoms with Crippen LogP contribution in [0.1, 0.15) is 53.3 Å². The molecule has 154 valence electrons. The maximum atomic E-state index is 5.55. The minimum atomic E-state index is 0.0145. The van der Waals surface area contributed by atoms with Crippen LogP contribution in [0.4, 0.5) is 0 Å².